The van der Waals surface area contributed by atoms with E-state index in [1.807, 2.05) is 0 Å². The fourth-order valence-electron chi connectivity index (χ4n) is 4.32. The molecule has 2 aliphatic carbocycles. The van der Waals surface area contributed by atoms with Crippen molar-refractivity contribution in [3.8, 4) is 0 Å². The molecule has 1 saturated heterocycles. The van der Waals surface area contributed by atoms with Crippen LogP contribution in [0.1, 0.15) is 51.4 Å². The van der Waals surface area contributed by atoms with Crippen molar-refractivity contribution in [1.82, 2.24) is 4.90 Å². The van der Waals surface area contributed by atoms with Gasteiger partial charge < -0.3 is 0 Å². The van der Waals surface area contributed by atoms with Gasteiger partial charge in [0.25, 0.3) is 0 Å². The van der Waals surface area contributed by atoms with Gasteiger partial charge in [0.2, 0.25) is 0 Å². The van der Waals surface area contributed by atoms with Crippen molar-refractivity contribution in [2.45, 2.75) is 57.4 Å². The minimum Gasteiger partial charge on any atom is -0.300 e. The number of piperidine rings is 1. The SMILES string of the molecule is SCC1(CN2CC3CCC2C3)CCCCC1. The molecule has 0 aromatic heterocycles. The Labute approximate surface area is 105 Å². The molecule has 16 heavy (non-hydrogen) atoms. The maximum Gasteiger partial charge on any atom is 0.00988 e. The normalized spacial score (nSPS) is 38.1. The number of fused-ring (bicyclic) bond motifs is 2. The minimum atomic E-state index is 0.575. The largest absolute Gasteiger partial charge is 0.300 e. The summed E-state index contributed by atoms with van der Waals surface area (Å²) in [6.07, 6.45) is 11.7. The summed E-state index contributed by atoms with van der Waals surface area (Å²) in [5, 5.41) is 0. The second-order valence-corrected chi connectivity index (χ2v) is 6.80. The highest BCUT2D eigenvalue weighted by molar-refractivity contribution is 7.80. The molecule has 2 atom stereocenters. The average molecular weight is 239 g/mol. The zero-order chi connectivity index (χ0) is 11.0. The van der Waals surface area contributed by atoms with Gasteiger partial charge in [0.15, 0.2) is 0 Å². The molecule has 1 heterocycles. The zero-order valence-corrected chi connectivity index (χ0v) is 11.2. The summed E-state index contributed by atoms with van der Waals surface area (Å²) in [5.41, 5.74) is 0.575. The number of nitrogens with zero attached hydrogens (tertiary/aromatic N) is 1. The van der Waals surface area contributed by atoms with Crippen LogP contribution < -0.4 is 0 Å². The van der Waals surface area contributed by atoms with E-state index in [-0.39, 0.29) is 0 Å². The maximum atomic E-state index is 4.67. The summed E-state index contributed by atoms with van der Waals surface area (Å²) in [6.45, 7) is 2.76. The Morgan fingerprint density at radius 1 is 1.12 bits per heavy atom. The van der Waals surface area contributed by atoms with E-state index in [1.54, 1.807) is 0 Å². The third-order valence-corrected chi connectivity index (χ3v) is 5.98. The third-order valence-electron chi connectivity index (χ3n) is 5.31. The van der Waals surface area contributed by atoms with Crippen LogP contribution in [0.2, 0.25) is 0 Å². The quantitative estimate of drug-likeness (QED) is 0.739. The Hall–Kier alpha value is 0.310. The number of hydrogen-bond donors (Lipinski definition) is 1. The van der Waals surface area contributed by atoms with Crippen molar-refractivity contribution in [3.05, 3.63) is 0 Å². The fourth-order valence-corrected chi connectivity index (χ4v) is 4.74. The van der Waals surface area contributed by atoms with Crippen LogP contribution in [0.3, 0.4) is 0 Å². The van der Waals surface area contributed by atoms with Crippen molar-refractivity contribution in [1.29, 1.82) is 0 Å². The van der Waals surface area contributed by atoms with Gasteiger partial charge in [-0.3, -0.25) is 4.90 Å². The van der Waals surface area contributed by atoms with E-state index in [0.717, 1.165) is 17.7 Å². The summed E-state index contributed by atoms with van der Waals surface area (Å²) in [4.78, 5) is 2.82. The number of hydrogen-bond acceptors (Lipinski definition) is 2. The molecule has 3 rings (SSSR count). The molecular weight excluding hydrogens is 214 g/mol. The van der Waals surface area contributed by atoms with E-state index < -0.39 is 0 Å². The minimum absolute atomic E-state index is 0.575. The first-order valence-electron chi connectivity index (χ1n) is 7.16. The first-order valence-corrected chi connectivity index (χ1v) is 7.79. The van der Waals surface area contributed by atoms with Gasteiger partial charge in [0, 0.05) is 19.1 Å². The van der Waals surface area contributed by atoms with Crippen LogP contribution in [0.4, 0.5) is 0 Å². The molecule has 2 heteroatoms. The standard InChI is InChI=1S/C14H25NS/c16-11-14(6-2-1-3-7-14)10-15-9-12-4-5-13(15)8-12/h12-13,16H,1-11H2. The number of rotatable bonds is 3. The molecule has 2 unspecified atom stereocenters. The summed E-state index contributed by atoms with van der Waals surface area (Å²) in [5.74, 6) is 2.16. The molecule has 1 aliphatic heterocycles. The molecule has 0 N–H and O–H groups in total. The highest BCUT2D eigenvalue weighted by Crippen LogP contribution is 2.43. The van der Waals surface area contributed by atoms with Crippen molar-refractivity contribution in [2.24, 2.45) is 11.3 Å². The van der Waals surface area contributed by atoms with E-state index in [0.29, 0.717) is 5.41 Å². The van der Waals surface area contributed by atoms with Crippen LogP contribution in [0.5, 0.6) is 0 Å². The van der Waals surface area contributed by atoms with E-state index in [1.165, 1.54) is 64.5 Å². The van der Waals surface area contributed by atoms with Crippen LogP contribution in [0.15, 0.2) is 0 Å². The Morgan fingerprint density at radius 2 is 1.94 bits per heavy atom. The molecular formula is C14H25NS. The molecule has 3 aliphatic rings. The lowest BCUT2D eigenvalue weighted by Gasteiger charge is -2.41. The smallest absolute Gasteiger partial charge is 0.00988 e. The molecule has 0 aromatic carbocycles. The van der Waals surface area contributed by atoms with Gasteiger partial charge in [-0.25, -0.2) is 0 Å². The summed E-state index contributed by atoms with van der Waals surface area (Å²) < 4.78 is 0. The predicted octanol–water partition coefficient (Wildman–Crippen LogP) is 3.35. The van der Waals surface area contributed by atoms with Crippen molar-refractivity contribution in [3.63, 3.8) is 0 Å². The van der Waals surface area contributed by atoms with Crippen molar-refractivity contribution in [2.75, 3.05) is 18.8 Å². The van der Waals surface area contributed by atoms with Crippen LogP contribution in [0.25, 0.3) is 0 Å². The van der Waals surface area contributed by atoms with Gasteiger partial charge in [-0.2, -0.15) is 12.6 Å². The third kappa shape index (κ3) is 2.03. The van der Waals surface area contributed by atoms with E-state index in [2.05, 4.69) is 17.5 Å². The molecule has 0 amide bonds. The first kappa shape index (κ1) is 11.4. The average Bonchev–Trinajstić information content (AvgIpc) is 2.92. The molecule has 2 saturated carbocycles. The number of thiol groups is 1. The van der Waals surface area contributed by atoms with Crippen LogP contribution in [-0.4, -0.2) is 29.8 Å². The van der Waals surface area contributed by atoms with Crippen molar-refractivity contribution < 1.29 is 0 Å². The second kappa shape index (κ2) is 4.53. The topological polar surface area (TPSA) is 3.24 Å². The molecule has 0 aromatic rings. The summed E-state index contributed by atoms with van der Waals surface area (Å²) in [7, 11) is 0. The maximum absolute atomic E-state index is 4.67. The van der Waals surface area contributed by atoms with Crippen LogP contribution in [-0.2, 0) is 0 Å². The van der Waals surface area contributed by atoms with Gasteiger partial charge in [0.1, 0.15) is 0 Å². The Balaban J connectivity index is 1.63. The molecule has 2 bridgehead atoms. The first-order chi connectivity index (χ1) is 7.81. The molecule has 92 valence electrons. The van der Waals surface area contributed by atoms with E-state index >= 15 is 0 Å². The van der Waals surface area contributed by atoms with Crippen LogP contribution in [0, 0.1) is 11.3 Å². The fraction of sp³-hybridized carbons (Fsp3) is 1.00. The lowest BCUT2D eigenvalue weighted by Crippen LogP contribution is -2.43. The van der Waals surface area contributed by atoms with Gasteiger partial charge in [-0.1, -0.05) is 19.3 Å². The zero-order valence-electron chi connectivity index (χ0n) is 10.3. The molecule has 3 fully saturated rings. The highest BCUT2D eigenvalue weighted by atomic mass is 32.1. The van der Waals surface area contributed by atoms with E-state index in [9.17, 15) is 0 Å². The second-order valence-electron chi connectivity index (χ2n) is 6.48. The van der Waals surface area contributed by atoms with Gasteiger partial charge >= 0.3 is 0 Å². The lowest BCUT2D eigenvalue weighted by molar-refractivity contribution is 0.102. The molecule has 1 nitrogen and oxygen atoms in total. The van der Waals surface area contributed by atoms with E-state index in [4.69, 9.17) is 0 Å². The Kier molecular flexibility index (Phi) is 3.23. The Bertz CT molecular complexity index is 247. The van der Waals surface area contributed by atoms with Gasteiger partial charge in [0.05, 0.1) is 0 Å². The van der Waals surface area contributed by atoms with Gasteiger partial charge in [-0.15, -0.1) is 0 Å². The van der Waals surface area contributed by atoms with Gasteiger partial charge in [-0.05, 0) is 49.2 Å². The van der Waals surface area contributed by atoms with Crippen molar-refractivity contribution >= 4 is 12.6 Å². The predicted molar refractivity (Wildman–Crippen MR) is 72.1 cm³/mol. The lowest BCUT2D eigenvalue weighted by atomic mass is 9.75. The Morgan fingerprint density at radius 3 is 2.50 bits per heavy atom. The summed E-state index contributed by atoms with van der Waals surface area (Å²) in [6, 6.07) is 0.948. The highest BCUT2D eigenvalue weighted by Gasteiger charge is 2.42. The molecule has 0 radical (unpaired) electrons. The summed E-state index contributed by atoms with van der Waals surface area (Å²) >= 11 is 4.67. The number of likely N-dealkylation sites (tertiary alicyclic amines) is 1. The van der Waals surface area contributed by atoms with Crippen LogP contribution >= 0.6 is 12.6 Å². The monoisotopic (exact) mass is 239 g/mol. The molecule has 0 spiro atoms.